The van der Waals surface area contributed by atoms with Gasteiger partial charge in [0.1, 0.15) is 10.7 Å². The molecular weight excluding hydrogens is 274 g/mol. The number of hydrogen-bond donors (Lipinski definition) is 2. The number of aromatic nitrogens is 1. The van der Waals surface area contributed by atoms with E-state index in [0.29, 0.717) is 18.3 Å². The summed E-state index contributed by atoms with van der Waals surface area (Å²) in [7, 11) is -3.44. The normalized spacial score (nSPS) is 20.6. The third kappa shape index (κ3) is 3.70. The van der Waals surface area contributed by atoms with Crippen molar-refractivity contribution in [2.75, 3.05) is 18.4 Å². The van der Waals surface area contributed by atoms with Gasteiger partial charge in [0.15, 0.2) is 0 Å². The van der Waals surface area contributed by atoms with Gasteiger partial charge in [0.25, 0.3) is 0 Å². The Morgan fingerprint density at radius 3 is 2.60 bits per heavy atom. The van der Waals surface area contributed by atoms with Crippen LogP contribution in [0, 0.1) is 11.3 Å². The molecule has 2 rings (SSSR count). The Labute approximate surface area is 121 Å². The molecule has 0 amide bonds. The summed E-state index contributed by atoms with van der Waals surface area (Å²) in [6.07, 6.45) is 3.48. The molecule has 1 aliphatic carbocycles. The topological polar surface area (TPSA) is 71.1 Å². The van der Waals surface area contributed by atoms with Crippen molar-refractivity contribution in [1.82, 2.24) is 9.71 Å². The van der Waals surface area contributed by atoms with Gasteiger partial charge in [-0.15, -0.1) is 0 Å². The summed E-state index contributed by atoms with van der Waals surface area (Å²) in [4.78, 5) is 4.34. The smallest absolute Gasteiger partial charge is 0.242 e. The molecule has 1 aromatic heterocycles. The van der Waals surface area contributed by atoms with Gasteiger partial charge in [0, 0.05) is 19.3 Å². The number of pyridine rings is 1. The summed E-state index contributed by atoms with van der Waals surface area (Å²) in [6.45, 7) is 7.71. The summed E-state index contributed by atoms with van der Waals surface area (Å²) in [6, 6.07) is 3.29. The Hall–Kier alpha value is -1.14. The molecule has 1 fully saturated rings. The molecule has 5 nitrogen and oxygen atoms in total. The second kappa shape index (κ2) is 5.69. The van der Waals surface area contributed by atoms with Crippen LogP contribution in [0.2, 0.25) is 0 Å². The highest BCUT2D eigenvalue weighted by molar-refractivity contribution is 7.89. The quantitative estimate of drug-likeness (QED) is 0.809. The number of anilines is 1. The minimum absolute atomic E-state index is 0.220. The molecule has 20 heavy (non-hydrogen) atoms. The Kier molecular flexibility index (Phi) is 4.34. The summed E-state index contributed by atoms with van der Waals surface area (Å²) in [5, 5.41) is 3.12. The first-order valence-electron chi connectivity index (χ1n) is 7.05. The van der Waals surface area contributed by atoms with Crippen molar-refractivity contribution in [1.29, 1.82) is 0 Å². The Balaban J connectivity index is 1.95. The maximum Gasteiger partial charge on any atom is 0.242 e. The van der Waals surface area contributed by atoms with E-state index in [0.717, 1.165) is 19.4 Å². The highest BCUT2D eigenvalue weighted by Gasteiger charge is 2.45. The molecule has 0 aliphatic heterocycles. The molecular formula is C14H23N3O2S. The lowest BCUT2D eigenvalue weighted by molar-refractivity contribution is 0.537. The van der Waals surface area contributed by atoms with Crippen LogP contribution in [0.1, 0.15) is 33.6 Å². The fourth-order valence-electron chi connectivity index (χ4n) is 2.12. The Bertz CT molecular complexity index is 552. The lowest BCUT2D eigenvalue weighted by Crippen LogP contribution is -2.27. The lowest BCUT2D eigenvalue weighted by atomic mass is 10.1. The second-order valence-corrected chi connectivity index (χ2v) is 7.81. The van der Waals surface area contributed by atoms with Gasteiger partial charge < -0.3 is 5.32 Å². The number of rotatable bonds is 7. The molecule has 112 valence electrons. The molecule has 1 heterocycles. The van der Waals surface area contributed by atoms with Crippen molar-refractivity contribution in [2.45, 2.75) is 38.5 Å². The van der Waals surface area contributed by atoms with Crippen LogP contribution in [0.4, 0.5) is 5.82 Å². The van der Waals surface area contributed by atoms with Crippen LogP contribution < -0.4 is 10.0 Å². The van der Waals surface area contributed by atoms with Crippen molar-refractivity contribution in [3.05, 3.63) is 18.3 Å². The molecule has 2 N–H and O–H groups in total. The van der Waals surface area contributed by atoms with Crippen molar-refractivity contribution < 1.29 is 8.42 Å². The van der Waals surface area contributed by atoms with Gasteiger partial charge in [-0.2, -0.15) is 0 Å². The maximum atomic E-state index is 12.1. The summed E-state index contributed by atoms with van der Waals surface area (Å²) in [5.74, 6) is 1.14. The van der Waals surface area contributed by atoms with Crippen LogP contribution in [0.3, 0.4) is 0 Å². The minimum Gasteiger partial charge on any atom is -0.370 e. The SMILES string of the molecule is CCCNc1ccc(S(=O)(=O)NCC2CC2(C)C)cn1. The molecule has 0 spiro atoms. The largest absolute Gasteiger partial charge is 0.370 e. The number of sulfonamides is 1. The third-order valence-corrected chi connectivity index (χ3v) is 5.25. The van der Waals surface area contributed by atoms with Crippen LogP contribution in [-0.4, -0.2) is 26.5 Å². The monoisotopic (exact) mass is 297 g/mol. The maximum absolute atomic E-state index is 12.1. The average molecular weight is 297 g/mol. The van der Waals surface area contributed by atoms with Crippen molar-refractivity contribution >= 4 is 15.8 Å². The number of nitrogens with one attached hydrogen (secondary N) is 2. The van der Waals surface area contributed by atoms with Crippen LogP contribution in [-0.2, 0) is 10.0 Å². The van der Waals surface area contributed by atoms with E-state index in [1.54, 1.807) is 12.1 Å². The molecule has 0 bridgehead atoms. The van der Waals surface area contributed by atoms with Crippen LogP contribution in [0.15, 0.2) is 23.2 Å². The van der Waals surface area contributed by atoms with E-state index in [2.05, 4.69) is 35.8 Å². The molecule has 6 heteroatoms. The summed E-state index contributed by atoms with van der Waals surface area (Å²) < 4.78 is 26.9. The van der Waals surface area contributed by atoms with Gasteiger partial charge >= 0.3 is 0 Å². The minimum atomic E-state index is -3.44. The molecule has 1 aliphatic rings. The van der Waals surface area contributed by atoms with Gasteiger partial charge in [0.05, 0.1) is 0 Å². The first-order valence-corrected chi connectivity index (χ1v) is 8.53. The van der Waals surface area contributed by atoms with Crippen molar-refractivity contribution in [2.24, 2.45) is 11.3 Å². The third-order valence-electron chi connectivity index (χ3n) is 3.84. The predicted octanol–water partition coefficient (Wildman–Crippen LogP) is 2.23. The van der Waals surface area contributed by atoms with Crippen LogP contribution in [0.5, 0.6) is 0 Å². The standard InChI is InChI=1S/C14H23N3O2S/c1-4-7-15-13-6-5-12(10-16-13)20(18,19)17-9-11-8-14(11,2)3/h5-6,10-11,17H,4,7-9H2,1-3H3,(H,15,16). The van der Waals surface area contributed by atoms with Gasteiger partial charge in [-0.25, -0.2) is 18.1 Å². The molecule has 1 aromatic rings. The fraction of sp³-hybridized carbons (Fsp3) is 0.643. The van der Waals surface area contributed by atoms with Crippen molar-refractivity contribution in [3.63, 3.8) is 0 Å². The van der Waals surface area contributed by atoms with Gasteiger partial charge in [-0.05, 0) is 36.3 Å². The van der Waals surface area contributed by atoms with Crippen LogP contribution in [0.25, 0.3) is 0 Å². The zero-order chi connectivity index (χ0) is 14.8. The van der Waals surface area contributed by atoms with E-state index in [1.807, 2.05) is 0 Å². The number of hydrogen-bond acceptors (Lipinski definition) is 4. The molecule has 1 saturated carbocycles. The highest BCUT2D eigenvalue weighted by atomic mass is 32.2. The zero-order valence-corrected chi connectivity index (χ0v) is 13.1. The molecule has 1 atom stereocenters. The summed E-state index contributed by atoms with van der Waals surface area (Å²) >= 11 is 0. The van der Waals surface area contributed by atoms with E-state index >= 15 is 0 Å². The molecule has 1 unspecified atom stereocenters. The van der Waals surface area contributed by atoms with Gasteiger partial charge in [0.2, 0.25) is 10.0 Å². The first kappa shape index (κ1) is 15.3. The first-order chi connectivity index (χ1) is 9.35. The van der Waals surface area contributed by atoms with Gasteiger partial charge in [-0.3, -0.25) is 0 Å². The lowest BCUT2D eigenvalue weighted by Gasteiger charge is -2.08. The Morgan fingerprint density at radius 2 is 2.10 bits per heavy atom. The van der Waals surface area contributed by atoms with E-state index < -0.39 is 10.0 Å². The molecule has 0 aromatic carbocycles. The van der Waals surface area contributed by atoms with E-state index in [9.17, 15) is 8.42 Å². The average Bonchev–Trinajstić information content (AvgIpc) is 3.02. The van der Waals surface area contributed by atoms with E-state index in [-0.39, 0.29) is 10.3 Å². The molecule has 0 saturated heterocycles. The number of nitrogens with zero attached hydrogens (tertiary/aromatic N) is 1. The summed E-state index contributed by atoms with van der Waals surface area (Å²) in [5.41, 5.74) is 0.273. The van der Waals surface area contributed by atoms with Crippen LogP contribution >= 0.6 is 0 Å². The Morgan fingerprint density at radius 1 is 1.40 bits per heavy atom. The second-order valence-electron chi connectivity index (χ2n) is 6.05. The molecule has 0 radical (unpaired) electrons. The van der Waals surface area contributed by atoms with E-state index in [1.165, 1.54) is 6.20 Å². The predicted molar refractivity (Wildman–Crippen MR) is 80.1 cm³/mol. The van der Waals surface area contributed by atoms with Crippen molar-refractivity contribution in [3.8, 4) is 0 Å². The highest BCUT2D eigenvalue weighted by Crippen LogP contribution is 2.51. The fourth-order valence-corrected chi connectivity index (χ4v) is 3.14. The van der Waals surface area contributed by atoms with Gasteiger partial charge in [-0.1, -0.05) is 20.8 Å². The zero-order valence-electron chi connectivity index (χ0n) is 12.3. The van der Waals surface area contributed by atoms with E-state index in [4.69, 9.17) is 0 Å².